The molecule has 17 heavy (non-hydrogen) atoms. The van der Waals surface area contributed by atoms with Crippen LogP contribution in [0.3, 0.4) is 0 Å². The lowest BCUT2D eigenvalue weighted by Gasteiger charge is -2.14. The maximum Gasteiger partial charge on any atom is 0.0596 e. The summed E-state index contributed by atoms with van der Waals surface area (Å²) in [6, 6.07) is 2.40. The van der Waals surface area contributed by atoms with Crippen molar-refractivity contribution in [2.24, 2.45) is 12.8 Å². The van der Waals surface area contributed by atoms with Crippen LogP contribution in [0.4, 0.5) is 0 Å². The van der Waals surface area contributed by atoms with Gasteiger partial charge in [0.25, 0.3) is 0 Å². The smallest absolute Gasteiger partial charge is 0.0596 e. The van der Waals surface area contributed by atoms with E-state index in [-0.39, 0.29) is 6.04 Å². The van der Waals surface area contributed by atoms with Gasteiger partial charge in [-0.2, -0.15) is 16.9 Å². The average molecular weight is 253 g/mol. The van der Waals surface area contributed by atoms with Crippen LogP contribution < -0.4 is 5.73 Å². The van der Waals surface area contributed by atoms with E-state index < -0.39 is 0 Å². The van der Waals surface area contributed by atoms with Gasteiger partial charge in [-0.3, -0.25) is 4.68 Å². The second-order valence-corrected chi connectivity index (χ2v) is 6.44. The molecule has 4 heteroatoms. The van der Waals surface area contributed by atoms with E-state index in [1.54, 1.807) is 0 Å². The largest absolute Gasteiger partial charge is 0.327 e. The highest BCUT2D eigenvalue weighted by molar-refractivity contribution is 7.99. The number of hydrogen-bond donors (Lipinski definition) is 1. The Bertz CT molecular complexity index is 356. The molecule has 0 aromatic carbocycles. The van der Waals surface area contributed by atoms with Crippen molar-refractivity contribution in [3.63, 3.8) is 0 Å². The van der Waals surface area contributed by atoms with Crippen molar-refractivity contribution in [2.75, 3.05) is 5.75 Å². The SMILES string of the molecule is Cc1cc(CC(N)CSC2CCCC2)n(C)n1. The summed E-state index contributed by atoms with van der Waals surface area (Å²) >= 11 is 2.07. The summed E-state index contributed by atoms with van der Waals surface area (Å²) in [6.45, 7) is 2.03. The van der Waals surface area contributed by atoms with Crippen LogP contribution in [0.5, 0.6) is 0 Å². The van der Waals surface area contributed by atoms with Gasteiger partial charge in [-0.25, -0.2) is 0 Å². The minimum absolute atomic E-state index is 0.260. The molecule has 0 saturated heterocycles. The second kappa shape index (κ2) is 5.91. The molecule has 1 fully saturated rings. The second-order valence-electron chi connectivity index (χ2n) is 5.10. The van der Waals surface area contributed by atoms with E-state index in [9.17, 15) is 0 Å². The van der Waals surface area contributed by atoms with Crippen molar-refractivity contribution in [1.29, 1.82) is 0 Å². The molecule has 0 radical (unpaired) electrons. The van der Waals surface area contributed by atoms with Crippen molar-refractivity contribution < 1.29 is 0 Å². The van der Waals surface area contributed by atoms with Gasteiger partial charge in [0.05, 0.1) is 5.69 Å². The summed E-state index contributed by atoms with van der Waals surface area (Å²) in [5.74, 6) is 1.08. The number of rotatable bonds is 5. The Kier molecular flexibility index (Phi) is 4.51. The third kappa shape index (κ3) is 3.75. The summed E-state index contributed by atoms with van der Waals surface area (Å²) < 4.78 is 1.95. The number of aromatic nitrogens is 2. The molecular formula is C13H23N3S. The molecule has 0 spiro atoms. The maximum atomic E-state index is 6.20. The van der Waals surface area contributed by atoms with Gasteiger partial charge >= 0.3 is 0 Å². The minimum atomic E-state index is 0.260. The Balaban J connectivity index is 1.76. The molecule has 0 aliphatic heterocycles. The van der Waals surface area contributed by atoms with Crippen molar-refractivity contribution in [3.05, 3.63) is 17.5 Å². The fourth-order valence-electron chi connectivity index (χ4n) is 2.50. The molecule has 2 N–H and O–H groups in total. The van der Waals surface area contributed by atoms with Crippen molar-refractivity contribution in [2.45, 2.75) is 50.3 Å². The van der Waals surface area contributed by atoms with Gasteiger partial charge in [0, 0.05) is 36.2 Å². The molecule has 1 aliphatic carbocycles. The third-order valence-corrected chi connectivity index (χ3v) is 4.98. The number of aryl methyl sites for hydroxylation is 2. The maximum absolute atomic E-state index is 6.20. The Hall–Kier alpha value is -0.480. The minimum Gasteiger partial charge on any atom is -0.327 e. The molecule has 96 valence electrons. The molecule has 1 aromatic heterocycles. The highest BCUT2D eigenvalue weighted by atomic mass is 32.2. The van der Waals surface area contributed by atoms with Gasteiger partial charge in [0.15, 0.2) is 0 Å². The Morgan fingerprint density at radius 2 is 2.24 bits per heavy atom. The van der Waals surface area contributed by atoms with Crippen molar-refractivity contribution >= 4 is 11.8 Å². The van der Waals surface area contributed by atoms with E-state index in [1.165, 1.54) is 31.4 Å². The van der Waals surface area contributed by atoms with Crippen LogP contribution in [0.25, 0.3) is 0 Å². The molecule has 1 heterocycles. The Morgan fingerprint density at radius 3 is 2.82 bits per heavy atom. The summed E-state index contributed by atoms with van der Waals surface area (Å²) in [7, 11) is 2.00. The van der Waals surface area contributed by atoms with Gasteiger partial charge in [0.1, 0.15) is 0 Å². The van der Waals surface area contributed by atoms with Gasteiger partial charge < -0.3 is 5.73 Å². The van der Waals surface area contributed by atoms with Crippen LogP contribution >= 0.6 is 11.8 Å². The van der Waals surface area contributed by atoms with E-state index in [1.807, 2.05) is 18.7 Å². The molecule has 1 unspecified atom stereocenters. The predicted molar refractivity (Wildman–Crippen MR) is 74.3 cm³/mol. The normalized spacial score (nSPS) is 18.8. The van der Waals surface area contributed by atoms with Crippen LogP contribution in [0.1, 0.15) is 37.1 Å². The predicted octanol–water partition coefficient (Wildman–Crippen LogP) is 2.27. The first-order chi connectivity index (χ1) is 8.15. The molecule has 0 bridgehead atoms. The summed E-state index contributed by atoms with van der Waals surface area (Å²) in [6.07, 6.45) is 6.54. The standard InChI is InChI=1S/C13H23N3S/c1-10-7-12(16(2)15-10)8-11(14)9-17-13-5-3-4-6-13/h7,11,13H,3-6,8-9,14H2,1-2H3. The first kappa shape index (κ1) is 13.0. The lowest BCUT2D eigenvalue weighted by molar-refractivity contribution is 0.652. The van der Waals surface area contributed by atoms with Crippen LogP contribution in [-0.2, 0) is 13.5 Å². The number of hydrogen-bond acceptors (Lipinski definition) is 3. The molecule has 1 aliphatic rings. The molecular weight excluding hydrogens is 230 g/mol. The zero-order valence-corrected chi connectivity index (χ0v) is 11.7. The number of nitrogens with zero attached hydrogens (tertiary/aromatic N) is 2. The van der Waals surface area contributed by atoms with E-state index in [4.69, 9.17) is 5.73 Å². The Labute approximate surface area is 108 Å². The average Bonchev–Trinajstić information content (AvgIpc) is 2.87. The van der Waals surface area contributed by atoms with Crippen LogP contribution in [0, 0.1) is 6.92 Å². The molecule has 1 aromatic rings. The van der Waals surface area contributed by atoms with E-state index in [2.05, 4.69) is 22.9 Å². The monoisotopic (exact) mass is 253 g/mol. The molecule has 3 nitrogen and oxygen atoms in total. The van der Waals surface area contributed by atoms with Gasteiger partial charge in [0.2, 0.25) is 0 Å². The molecule has 1 atom stereocenters. The first-order valence-corrected chi connectivity index (χ1v) is 7.56. The van der Waals surface area contributed by atoms with E-state index in [0.29, 0.717) is 0 Å². The zero-order valence-electron chi connectivity index (χ0n) is 10.9. The number of nitrogens with two attached hydrogens (primary N) is 1. The first-order valence-electron chi connectivity index (χ1n) is 6.52. The van der Waals surface area contributed by atoms with Gasteiger partial charge in [-0.15, -0.1) is 0 Å². The van der Waals surface area contributed by atoms with Crippen LogP contribution in [0.2, 0.25) is 0 Å². The lowest BCUT2D eigenvalue weighted by atomic mass is 10.2. The molecule has 2 rings (SSSR count). The fourth-order valence-corrected chi connectivity index (χ4v) is 3.80. The van der Waals surface area contributed by atoms with Crippen molar-refractivity contribution in [3.8, 4) is 0 Å². The van der Waals surface area contributed by atoms with Gasteiger partial charge in [-0.1, -0.05) is 12.8 Å². The Morgan fingerprint density at radius 1 is 1.53 bits per heavy atom. The van der Waals surface area contributed by atoms with E-state index >= 15 is 0 Å². The summed E-state index contributed by atoms with van der Waals surface area (Å²) in [4.78, 5) is 0. The van der Waals surface area contributed by atoms with Crippen LogP contribution in [-0.4, -0.2) is 26.8 Å². The molecule has 1 saturated carbocycles. The van der Waals surface area contributed by atoms with Gasteiger partial charge in [-0.05, 0) is 25.8 Å². The quantitative estimate of drug-likeness (QED) is 0.875. The van der Waals surface area contributed by atoms with E-state index in [0.717, 1.165) is 23.1 Å². The number of thioether (sulfide) groups is 1. The highest BCUT2D eigenvalue weighted by Crippen LogP contribution is 2.29. The zero-order chi connectivity index (χ0) is 12.3. The topological polar surface area (TPSA) is 43.8 Å². The highest BCUT2D eigenvalue weighted by Gasteiger charge is 2.17. The summed E-state index contributed by atoms with van der Waals surface area (Å²) in [5.41, 5.74) is 8.53. The van der Waals surface area contributed by atoms with Crippen LogP contribution in [0.15, 0.2) is 6.07 Å². The van der Waals surface area contributed by atoms with Crippen molar-refractivity contribution in [1.82, 2.24) is 9.78 Å². The third-order valence-electron chi connectivity index (χ3n) is 3.42. The lowest BCUT2D eigenvalue weighted by Crippen LogP contribution is -2.27. The summed E-state index contributed by atoms with van der Waals surface area (Å²) in [5, 5.41) is 5.23. The molecule has 0 amide bonds. The fraction of sp³-hybridized carbons (Fsp3) is 0.769.